The standard InChI is InChI=1S/C61H44N2S/c1-61(2)56-33-29-44(38-55(56)60-52-23-13-12-18-43(52)28-34-57(60)61)45-36-50(62(46-19-8-4-9-20-46)48-30-26-42(27-31-48)41-16-6-3-7-17-41)39-51(37-45)63(47-21-10-5-11-22-47)49-32-35-59-54(40-49)53-24-14-15-25-58(53)64-59/h3-40H,1-2H3. The Balaban J connectivity index is 1.10. The molecule has 64 heavy (non-hydrogen) atoms. The molecule has 304 valence electrons. The van der Waals surface area contributed by atoms with Gasteiger partial charge in [-0.15, -0.1) is 11.3 Å². The number of para-hydroxylation sites is 2. The number of rotatable bonds is 8. The van der Waals surface area contributed by atoms with E-state index in [0.717, 1.165) is 39.7 Å². The molecule has 0 bridgehead atoms. The lowest BCUT2D eigenvalue weighted by Crippen LogP contribution is -2.15. The van der Waals surface area contributed by atoms with Crippen LogP contribution in [0.25, 0.3) is 64.3 Å². The first kappa shape index (κ1) is 38.0. The van der Waals surface area contributed by atoms with Crippen molar-refractivity contribution >= 4 is 76.4 Å². The van der Waals surface area contributed by atoms with Crippen LogP contribution in [-0.2, 0) is 5.41 Å². The highest BCUT2D eigenvalue weighted by Gasteiger charge is 2.36. The van der Waals surface area contributed by atoms with Gasteiger partial charge in [0.2, 0.25) is 0 Å². The molecule has 1 aromatic heterocycles. The van der Waals surface area contributed by atoms with Crippen LogP contribution in [0.4, 0.5) is 34.1 Å². The van der Waals surface area contributed by atoms with E-state index < -0.39 is 0 Å². The number of benzene rings is 10. The van der Waals surface area contributed by atoms with Crippen LogP contribution in [0.1, 0.15) is 25.0 Å². The summed E-state index contributed by atoms with van der Waals surface area (Å²) in [5, 5.41) is 5.13. The van der Waals surface area contributed by atoms with Crippen molar-refractivity contribution in [2.24, 2.45) is 0 Å². The Bertz CT molecular complexity index is 3520. The van der Waals surface area contributed by atoms with Crippen LogP contribution in [0.3, 0.4) is 0 Å². The first-order chi connectivity index (χ1) is 31.5. The van der Waals surface area contributed by atoms with Gasteiger partial charge in [0.25, 0.3) is 0 Å². The number of thiophene rings is 1. The van der Waals surface area contributed by atoms with Crippen LogP contribution < -0.4 is 9.80 Å². The number of nitrogens with zero attached hydrogens (tertiary/aromatic N) is 2. The molecular formula is C61H44N2S. The van der Waals surface area contributed by atoms with E-state index >= 15 is 0 Å². The highest BCUT2D eigenvalue weighted by Crippen LogP contribution is 2.53. The van der Waals surface area contributed by atoms with Gasteiger partial charge in [0.15, 0.2) is 0 Å². The molecule has 2 nitrogen and oxygen atoms in total. The molecule has 1 heterocycles. The van der Waals surface area contributed by atoms with Gasteiger partial charge in [-0.1, -0.05) is 159 Å². The average Bonchev–Trinajstić information content (AvgIpc) is 3.84. The molecule has 11 aromatic rings. The van der Waals surface area contributed by atoms with E-state index in [4.69, 9.17) is 0 Å². The highest BCUT2D eigenvalue weighted by molar-refractivity contribution is 7.25. The zero-order valence-corrected chi connectivity index (χ0v) is 36.6. The van der Waals surface area contributed by atoms with E-state index in [-0.39, 0.29) is 5.41 Å². The molecule has 1 aliphatic rings. The lowest BCUT2D eigenvalue weighted by atomic mass is 9.82. The Morgan fingerprint density at radius 2 is 0.859 bits per heavy atom. The third-order valence-corrected chi connectivity index (χ3v) is 14.3. The van der Waals surface area contributed by atoms with Gasteiger partial charge in [-0.3, -0.25) is 0 Å². The largest absolute Gasteiger partial charge is 0.310 e. The molecule has 0 saturated carbocycles. The van der Waals surface area contributed by atoms with Crippen LogP contribution in [0, 0.1) is 0 Å². The molecule has 0 N–H and O–H groups in total. The first-order valence-electron chi connectivity index (χ1n) is 22.1. The maximum atomic E-state index is 2.45. The van der Waals surface area contributed by atoms with Crippen molar-refractivity contribution < 1.29 is 0 Å². The van der Waals surface area contributed by atoms with Gasteiger partial charge in [0.05, 0.1) is 0 Å². The molecule has 0 saturated heterocycles. The molecule has 0 aliphatic heterocycles. The Kier molecular flexibility index (Phi) is 9.06. The fourth-order valence-corrected chi connectivity index (χ4v) is 11.1. The van der Waals surface area contributed by atoms with Crippen molar-refractivity contribution in [3.63, 3.8) is 0 Å². The molecule has 0 unspecified atom stereocenters. The highest BCUT2D eigenvalue weighted by atomic mass is 32.1. The molecule has 3 heteroatoms. The predicted octanol–water partition coefficient (Wildman–Crippen LogP) is 17.8. The second kappa shape index (κ2) is 15.3. The fraction of sp³-hybridized carbons (Fsp3) is 0.0492. The molecular weight excluding hydrogens is 793 g/mol. The summed E-state index contributed by atoms with van der Waals surface area (Å²) in [5.41, 5.74) is 16.5. The quantitative estimate of drug-likeness (QED) is 0.150. The summed E-state index contributed by atoms with van der Waals surface area (Å²) in [4.78, 5) is 4.83. The monoisotopic (exact) mass is 836 g/mol. The third-order valence-electron chi connectivity index (χ3n) is 13.2. The Hall–Kier alpha value is -7.72. The second-order valence-corrected chi connectivity index (χ2v) is 18.4. The van der Waals surface area contributed by atoms with Crippen LogP contribution in [0.2, 0.25) is 0 Å². The molecule has 1 aliphatic carbocycles. The Morgan fingerprint density at radius 1 is 0.328 bits per heavy atom. The summed E-state index contributed by atoms with van der Waals surface area (Å²) in [6.07, 6.45) is 0. The van der Waals surface area contributed by atoms with E-state index in [9.17, 15) is 0 Å². The molecule has 0 radical (unpaired) electrons. The van der Waals surface area contributed by atoms with Gasteiger partial charge in [-0.2, -0.15) is 0 Å². The van der Waals surface area contributed by atoms with E-state index in [1.54, 1.807) is 0 Å². The van der Waals surface area contributed by atoms with Crippen LogP contribution >= 0.6 is 11.3 Å². The van der Waals surface area contributed by atoms with Crippen molar-refractivity contribution in [3.05, 3.63) is 242 Å². The summed E-state index contributed by atoms with van der Waals surface area (Å²) >= 11 is 1.85. The minimum absolute atomic E-state index is 0.120. The smallest absolute Gasteiger partial charge is 0.0488 e. The molecule has 10 aromatic carbocycles. The fourth-order valence-electron chi connectivity index (χ4n) is 10.1. The van der Waals surface area contributed by atoms with Gasteiger partial charge in [0.1, 0.15) is 0 Å². The van der Waals surface area contributed by atoms with Crippen molar-refractivity contribution in [1.82, 2.24) is 0 Å². The van der Waals surface area contributed by atoms with E-state index in [2.05, 4.69) is 254 Å². The summed E-state index contributed by atoms with van der Waals surface area (Å²) < 4.78 is 2.59. The zero-order chi connectivity index (χ0) is 42.8. The van der Waals surface area contributed by atoms with Gasteiger partial charge >= 0.3 is 0 Å². The van der Waals surface area contributed by atoms with Gasteiger partial charge in [-0.05, 0) is 140 Å². The van der Waals surface area contributed by atoms with E-state index in [0.29, 0.717) is 0 Å². The zero-order valence-electron chi connectivity index (χ0n) is 35.7. The maximum Gasteiger partial charge on any atom is 0.0488 e. The minimum atomic E-state index is -0.120. The molecule has 0 spiro atoms. The Labute approximate surface area is 378 Å². The van der Waals surface area contributed by atoms with Gasteiger partial charge in [0, 0.05) is 59.7 Å². The predicted molar refractivity (Wildman–Crippen MR) is 275 cm³/mol. The van der Waals surface area contributed by atoms with Crippen LogP contribution in [0.15, 0.2) is 231 Å². The lowest BCUT2D eigenvalue weighted by molar-refractivity contribution is 0.661. The minimum Gasteiger partial charge on any atom is -0.310 e. The summed E-state index contributed by atoms with van der Waals surface area (Å²) in [5.74, 6) is 0. The van der Waals surface area contributed by atoms with Crippen LogP contribution in [-0.4, -0.2) is 0 Å². The summed E-state index contributed by atoms with van der Waals surface area (Å²) in [7, 11) is 0. The third kappa shape index (κ3) is 6.39. The Morgan fingerprint density at radius 3 is 1.58 bits per heavy atom. The molecule has 0 atom stereocenters. The summed E-state index contributed by atoms with van der Waals surface area (Å²) in [6, 6.07) is 84.7. The van der Waals surface area contributed by atoms with Crippen molar-refractivity contribution in [1.29, 1.82) is 0 Å². The van der Waals surface area contributed by atoms with E-state index in [1.165, 1.54) is 69.9 Å². The average molecular weight is 837 g/mol. The SMILES string of the molecule is CC1(C)c2ccc(-c3cc(N(c4ccccc4)c4ccc(-c5ccccc5)cc4)cc(N(c4ccccc4)c4ccc5sc6ccccc6c5c4)c3)cc2-c2c1ccc1ccccc21. The summed E-state index contributed by atoms with van der Waals surface area (Å²) in [6.45, 7) is 4.74. The number of hydrogen-bond acceptors (Lipinski definition) is 3. The topological polar surface area (TPSA) is 6.48 Å². The van der Waals surface area contributed by atoms with Crippen molar-refractivity contribution in [3.8, 4) is 33.4 Å². The number of fused-ring (bicyclic) bond motifs is 8. The molecule has 12 rings (SSSR count). The second-order valence-electron chi connectivity index (χ2n) is 17.4. The number of hydrogen-bond donors (Lipinski definition) is 0. The van der Waals surface area contributed by atoms with Crippen molar-refractivity contribution in [2.45, 2.75) is 19.3 Å². The number of anilines is 6. The van der Waals surface area contributed by atoms with Crippen molar-refractivity contribution in [2.75, 3.05) is 9.80 Å². The van der Waals surface area contributed by atoms with Crippen LogP contribution in [0.5, 0.6) is 0 Å². The molecule has 0 fully saturated rings. The van der Waals surface area contributed by atoms with Gasteiger partial charge in [-0.25, -0.2) is 0 Å². The van der Waals surface area contributed by atoms with E-state index in [1.807, 2.05) is 11.3 Å². The lowest BCUT2D eigenvalue weighted by Gasteiger charge is -2.30. The normalized spacial score (nSPS) is 12.7. The molecule has 0 amide bonds. The maximum absolute atomic E-state index is 2.45. The first-order valence-corrected chi connectivity index (χ1v) is 22.9. The van der Waals surface area contributed by atoms with Gasteiger partial charge < -0.3 is 9.80 Å².